The number of fused-ring (bicyclic) bond motifs is 1. The van der Waals surface area contributed by atoms with Crippen LogP contribution in [-0.2, 0) is 16.1 Å². The molecule has 7 nitrogen and oxygen atoms in total. The van der Waals surface area contributed by atoms with Crippen molar-refractivity contribution in [2.24, 2.45) is 0 Å². The summed E-state index contributed by atoms with van der Waals surface area (Å²) in [6.07, 6.45) is 2.72. The summed E-state index contributed by atoms with van der Waals surface area (Å²) in [5.74, 6) is 0.579. The van der Waals surface area contributed by atoms with Gasteiger partial charge in [-0.05, 0) is 33.4 Å². The fourth-order valence-electron chi connectivity index (χ4n) is 3.17. The molecule has 2 rings (SSSR count). The molecule has 140 valence electrons. The van der Waals surface area contributed by atoms with Crippen molar-refractivity contribution in [2.45, 2.75) is 59.5 Å². The molecule has 7 heteroatoms. The SMILES string of the molecule is CCCCN(CC)CCNC(=O)C(C)N1C(=O)CCn2nc(C)cc21. The topological polar surface area (TPSA) is 70.5 Å². The summed E-state index contributed by atoms with van der Waals surface area (Å²) in [6, 6.07) is 1.33. The number of nitrogens with one attached hydrogen (secondary N) is 1. The zero-order valence-electron chi connectivity index (χ0n) is 15.9. The van der Waals surface area contributed by atoms with E-state index in [2.05, 4.69) is 29.2 Å². The van der Waals surface area contributed by atoms with E-state index in [9.17, 15) is 9.59 Å². The molecule has 25 heavy (non-hydrogen) atoms. The highest BCUT2D eigenvalue weighted by Gasteiger charge is 2.32. The van der Waals surface area contributed by atoms with Crippen LogP contribution in [0.5, 0.6) is 0 Å². The second kappa shape index (κ2) is 8.99. The Bertz CT molecular complexity index is 598. The molecular formula is C18H31N5O2. The number of hydrogen-bond donors (Lipinski definition) is 1. The molecule has 0 spiro atoms. The van der Waals surface area contributed by atoms with E-state index in [1.807, 2.05) is 17.7 Å². The van der Waals surface area contributed by atoms with E-state index in [-0.39, 0.29) is 11.8 Å². The molecule has 1 aliphatic rings. The molecule has 0 aromatic carbocycles. The van der Waals surface area contributed by atoms with Gasteiger partial charge in [0.15, 0.2) is 0 Å². The fraction of sp³-hybridized carbons (Fsp3) is 0.722. The number of hydrogen-bond acceptors (Lipinski definition) is 4. The van der Waals surface area contributed by atoms with E-state index in [1.165, 1.54) is 12.8 Å². The molecular weight excluding hydrogens is 318 g/mol. The molecule has 1 aromatic heterocycles. The minimum Gasteiger partial charge on any atom is -0.353 e. The monoisotopic (exact) mass is 349 g/mol. The summed E-state index contributed by atoms with van der Waals surface area (Å²) in [5.41, 5.74) is 0.858. The number of aryl methyl sites for hydroxylation is 2. The second-order valence-electron chi connectivity index (χ2n) is 6.64. The number of carbonyl (C=O) groups is 2. The average Bonchev–Trinajstić information content (AvgIpc) is 2.97. The molecule has 0 saturated heterocycles. The lowest BCUT2D eigenvalue weighted by atomic mass is 10.2. The van der Waals surface area contributed by atoms with Gasteiger partial charge in [-0.3, -0.25) is 14.5 Å². The largest absolute Gasteiger partial charge is 0.353 e. The minimum atomic E-state index is -0.534. The van der Waals surface area contributed by atoms with Crippen LogP contribution >= 0.6 is 0 Å². The normalized spacial score (nSPS) is 15.4. The van der Waals surface area contributed by atoms with Crippen molar-refractivity contribution < 1.29 is 9.59 Å². The first kappa shape index (κ1) is 19.4. The fourth-order valence-corrected chi connectivity index (χ4v) is 3.17. The molecule has 0 saturated carbocycles. The number of likely N-dealkylation sites (N-methyl/N-ethyl adjacent to an activating group) is 1. The van der Waals surface area contributed by atoms with Gasteiger partial charge in [0.1, 0.15) is 11.9 Å². The Morgan fingerprint density at radius 1 is 1.40 bits per heavy atom. The first-order chi connectivity index (χ1) is 12.0. The minimum absolute atomic E-state index is 0.0202. The Labute approximate surface area is 150 Å². The smallest absolute Gasteiger partial charge is 0.243 e. The van der Waals surface area contributed by atoms with Gasteiger partial charge < -0.3 is 10.2 Å². The van der Waals surface area contributed by atoms with Gasteiger partial charge in [0.25, 0.3) is 0 Å². The highest BCUT2D eigenvalue weighted by Crippen LogP contribution is 2.24. The quantitative estimate of drug-likeness (QED) is 0.734. The predicted molar refractivity (Wildman–Crippen MR) is 98.6 cm³/mol. The first-order valence-corrected chi connectivity index (χ1v) is 9.34. The van der Waals surface area contributed by atoms with E-state index >= 15 is 0 Å². The molecule has 1 N–H and O–H groups in total. The standard InChI is InChI=1S/C18H31N5O2/c1-5-7-10-21(6-2)12-9-19-18(25)15(4)23-16-13-14(3)20-22(16)11-8-17(23)24/h13,15H,5-12H2,1-4H3,(H,19,25). The van der Waals surface area contributed by atoms with Gasteiger partial charge in [-0.15, -0.1) is 0 Å². The van der Waals surface area contributed by atoms with Crippen molar-refractivity contribution in [3.05, 3.63) is 11.8 Å². The van der Waals surface area contributed by atoms with E-state index in [1.54, 1.807) is 11.8 Å². The summed E-state index contributed by atoms with van der Waals surface area (Å²) < 4.78 is 1.81. The lowest BCUT2D eigenvalue weighted by Crippen LogP contribution is -2.51. The number of amides is 2. The Hall–Kier alpha value is -1.89. The third kappa shape index (κ3) is 4.81. The van der Waals surface area contributed by atoms with E-state index in [0.29, 0.717) is 19.5 Å². The maximum absolute atomic E-state index is 12.5. The molecule has 1 unspecified atom stereocenters. The van der Waals surface area contributed by atoms with Gasteiger partial charge in [-0.1, -0.05) is 20.3 Å². The van der Waals surface area contributed by atoms with Crippen molar-refractivity contribution in [3.8, 4) is 0 Å². The van der Waals surface area contributed by atoms with Crippen LogP contribution in [0.25, 0.3) is 0 Å². The van der Waals surface area contributed by atoms with E-state index in [0.717, 1.165) is 31.1 Å². The molecule has 1 aliphatic heterocycles. The van der Waals surface area contributed by atoms with E-state index < -0.39 is 6.04 Å². The van der Waals surface area contributed by atoms with Crippen molar-refractivity contribution in [3.63, 3.8) is 0 Å². The van der Waals surface area contributed by atoms with Gasteiger partial charge in [-0.25, -0.2) is 4.68 Å². The molecule has 0 radical (unpaired) electrons. The van der Waals surface area contributed by atoms with Crippen molar-refractivity contribution in [1.82, 2.24) is 20.0 Å². The first-order valence-electron chi connectivity index (χ1n) is 9.34. The average molecular weight is 349 g/mol. The zero-order chi connectivity index (χ0) is 18.4. The van der Waals surface area contributed by atoms with Gasteiger partial charge in [0.2, 0.25) is 11.8 Å². The summed E-state index contributed by atoms with van der Waals surface area (Å²) >= 11 is 0. The third-order valence-electron chi connectivity index (χ3n) is 4.70. The van der Waals surface area contributed by atoms with Crippen LogP contribution in [0, 0.1) is 6.92 Å². The Morgan fingerprint density at radius 3 is 2.84 bits per heavy atom. The predicted octanol–water partition coefficient (Wildman–Crippen LogP) is 1.55. The number of carbonyl (C=O) groups excluding carboxylic acids is 2. The number of rotatable bonds is 9. The summed E-state index contributed by atoms with van der Waals surface area (Å²) in [4.78, 5) is 28.8. The number of nitrogens with zero attached hydrogens (tertiary/aromatic N) is 4. The maximum Gasteiger partial charge on any atom is 0.243 e. The molecule has 1 aromatic rings. The van der Waals surface area contributed by atoms with Crippen LogP contribution < -0.4 is 10.2 Å². The Kier molecular flexibility index (Phi) is 6.99. The van der Waals surface area contributed by atoms with Crippen LogP contribution in [0.3, 0.4) is 0 Å². The molecule has 0 bridgehead atoms. The van der Waals surface area contributed by atoms with Crippen LogP contribution in [0.15, 0.2) is 6.07 Å². The Balaban J connectivity index is 1.92. The molecule has 1 atom stereocenters. The molecule has 0 fully saturated rings. The van der Waals surface area contributed by atoms with E-state index in [4.69, 9.17) is 0 Å². The van der Waals surface area contributed by atoms with Gasteiger partial charge >= 0.3 is 0 Å². The van der Waals surface area contributed by atoms with Crippen molar-refractivity contribution in [2.75, 3.05) is 31.1 Å². The molecule has 2 heterocycles. The summed E-state index contributed by atoms with van der Waals surface area (Å²) in [7, 11) is 0. The number of aromatic nitrogens is 2. The van der Waals surface area contributed by atoms with Crippen LogP contribution in [0.2, 0.25) is 0 Å². The zero-order valence-corrected chi connectivity index (χ0v) is 15.9. The molecule has 0 aliphatic carbocycles. The number of unbranched alkanes of at least 4 members (excludes halogenated alkanes) is 1. The van der Waals surface area contributed by atoms with Gasteiger partial charge in [0, 0.05) is 25.6 Å². The van der Waals surface area contributed by atoms with Crippen molar-refractivity contribution >= 4 is 17.6 Å². The van der Waals surface area contributed by atoms with Crippen molar-refractivity contribution in [1.29, 1.82) is 0 Å². The Morgan fingerprint density at radius 2 is 2.16 bits per heavy atom. The van der Waals surface area contributed by atoms with Gasteiger partial charge in [0.05, 0.1) is 12.2 Å². The summed E-state index contributed by atoms with van der Waals surface area (Å²) in [6.45, 7) is 12.0. The van der Waals surface area contributed by atoms with Gasteiger partial charge in [-0.2, -0.15) is 5.10 Å². The highest BCUT2D eigenvalue weighted by atomic mass is 16.2. The second-order valence-corrected chi connectivity index (χ2v) is 6.64. The lowest BCUT2D eigenvalue weighted by molar-refractivity contribution is -0.126. The third-order valence-corrected chi connectivity index (χ3v) is 4.70. The maximum atomic E-state index is 12.5. The lowest BCUT2D eigenvalue weighted by Gasteiger charge is -2.32. The van der Waals surface area contributed by atoms with Crippen LogP contribution in [0.4, 0.5) is 5.82 Å². The van der Waals surface area contributed by atoms with Crippen LogP contribution in [0.1, 0.15) is 45.7 Å². The molecule has 2 amide bonds. The number of anilines is 1. The summed E-state index contributed by atoms with van der Waals surface area (Å²) in [5, 5.41) is 7.36. The van der Waals surface area contributed by atoms with Crippen LogP contribution in [-0.4, -0.2) is 58.7 Å². The highest BCUT2D eigenvalue weighted by molar-refractivity contribution is 6.00.